The van der Waals surface area contributed by atoms with E-state index in [1.54, 1.807) is 6.07 Å². The largest absolute Gasteiger partial charge is 0.349 e. The Morgan fingerprint density at radius 3 is 2.38 bits per heavy atom. The van der Waals surface area contributed by atoms with Crippen LogP contribution in [0, 0.1) is 11.8 Å². The zero-order valence-electron chi connectivity index (χ0n) is 12.2. The number of amides is 1. The monoisotopic (exact) mass is 329 g/mol. The first-order valence-corrected chi connectivity index (χ1v) is 9.42. The number of hydrogen-bond donors (Lipinski definition) is 1. The highest BCUT2D eigenvalue weighted by atomic mass is 35.7. The van der Waals surface area contributed by atoms with Gasteiger partial charge in [-0.3, -0.25) is 4.79 Å². The fraction of sp³-hybridized carbons (Fsp3) is 0.533. The van der Waals surface area contributed by atoms with Gasteiger partial charge < -0.3 is 5.32 Å². The summed E-state index contributed by atoms with van der Waals surface area (Å²) < 4.78 is 22.6. The predicted molar refractivity (Wildman–Crippen MR) is 82.9 cm³/mol. The number of benzene rings is 1. The van der Waals surface area contributed by atoms with Crippen LogP contribution < -0.4 is 5.32 Å². The fourth-order valence-corrected chi connectivity index (χ4v) is 3.92. The normalized spacial score (nSPS) is 26.3. The molecule has 2 unspecified atom stereocenters. The Bertz CT molecular complexity index is 620. The van der Waals surface area contributed by atoms with Crippen molar-refractivity contribution in [3.8, 4) is 0 Å². The number of halogens is 1. The van der Waals surface area contributed by atoms with E-state index in [-0.39, 0.29) is 16.8 Å². The van der Waals surface area contributed by atoms with Crippen LogP contribution in [0.5, 0.6) is 0 Å². The van der Waals surface area contributed by atoms with E-state index in [1.807, 2.05) is 0 Å². The van der Waals surface area contributed by atoms with Gasteiger partial charge >= 0.3 is 0 Å². The Kier molecular flexibility index (Phi) is 4.94. The van der Waals surface area contributed by atoms with E-state index >= 15 is 0 Å². The summed E-state index contributed by atoms with van der Waals surface area (Å²) in [4.78, 5) is 12.2. The van der Waals surface area contributed by atoms with Gasteiger partial charge in [-0.25, -0.2) is 8.42 Å². The third-order valence-corrected chi connectivity index (χ3v) is 5.24. The molecule has 0 spiro atoms. The average molecular weight is 330 g/mol. The summed E-state index contributed by atoms with van der Waals surface area (Å²) in [5.74, 6) is 0.936. The van der Waals surface area contributed by atoms with Gasteiger partial charge in [0.2, 0.25) is 0 Å². The van der Waals surface area contributed by atoms with Crippen molar-refractivity contribution >= 4 is 25.6 Å². The van der Waals surface area contributed by atoms with Crippen molar-refractivity contribution in [2.24, 2.45) is 11.8 Å². The lowest BCUT2D eigenvalue weighted by Crippen LogP contribution is -2.40. The van der Waals surface area contributed by atoms with Crippen LogP contribution in [0.25, 0.3) is 0 Å². The van der Waals surface area contributed by atoms with Gasteiger partial charge in [0.1, 0.15) is 0 Å². The van der Waals surface area contributed by atoms with Gasteiger partial charge in [-0.05, 0) is 49.3 Å². The van der Waals surface area contributed by atoms with E-state index in [9.17, 15) is 13.2 Å². The maximum absolute atomic E-state index is 12.3. The summed E-state index contributed by atoms with van der Waals surface area (Å²) in [6.45, 7) is 4.38. The average Bonchev–Trinajstić information content (AvgIpc) is 2.36. The van der Waals surface area contributed by atoms with Crippen LogP contribution in [0.4, 0.5) is 0 Å². The minimum Gasteiger partial charge on any atom is -0.349 e. The molecule has 1 saturated carbocycles. The van der Waals surface area contributed by atoms with Gasteiger partial charge in [0.15, 0.2) is 0 Å². The molecular formula is C15H20ClNO3S. The highest BCUT2D eigenvalue weighted by Gasteiger charge is 2.25. The van der Waals surface area contributed by atoms with E-state index in [2.05, 4.69) is 19.2 Å². The second kappa shape index (κ2) is 6.36. The van der Waals surface area contributed by atoms with Gasteiger partial charge in [-0.15, -0.1) is 0 Å². The Morgan fingerprint density at radius 1 is 1.19 bits per heavy atom. The molecule has 1 amide bonds. The molecule has 6 heteroatoms. The molecule has 4 nitrogen and oxygen atoms in total. The van der Waals surface area contributed by atoms with E-state index in [4.69, 9.17) is 10.7 Å². The van der Waals surface area contributed by atoms with Crippen molar-refractivity contribution in [1.29, 1.82) is 0 Å². The third-order valence-electron chi connectivity index (χ3n) is 3.89. The van der Waals surface area contributed by atoms with Crippen LogP contribution in [0.2, 0.25) is 0 Å². The summed E-state index contributed by atoms with van der Waals surface area (Å²) >= 11 is 0. The van der Waals surface area contributed by atoms with Crippen molar-refractivity contribution in [2.45, 2.75) is 44.0 Å². The topological polar surface area (TPSA) is 63.2 Å². The molecule has 21 heavy (non-hydrogen) atoms. The van der Waals surface area contributed by atoms with Crippen molar-refractivity contribution in [3.63, 3.8) is 0 Å². The molecule has 116 valence electrons. The molecule has 0 bridgehead atoms. The zero-order chi connectivity index (χ0) is 15.6. The van der Waals surface area contributed by atoms with Gasteiger partial charge in [0, 0.05) is 22.3 Å². The Labute approximate surface area is 130 Å². The minimum atomic E-state index is -3.82. The predicted octanol–water partition coefficient (Wildman–Crippen LogP) is 3.17. The maximum Gasteiger partial charge on any atom is 0.261 e. The first-order chi connectivity index (χ1) is 9.75. The summed E-state index contributed by atoms with van der Waals surface area (Å²) in [6.07, 6.45) is 3.11. The van der Waals surface area contributed by atoms with E-state index < -0.39 is 9.05 Å². The first kappa shape index (κ1) is 16.3. The molecule has 1 aliphatic rings. The van der Waals surface area contributed by atoms with Gasteiger partial charge in [0.05, 0.1) is 4.90 Å². The molecule has 1 fully saturated rings. The Balaban J connectivity index is 2.10. The first-order valence-electron chi connectivity index (χ1n) is 7.11. The van der Waals surface area contributed by atoms with Crippen molar-refractivity contribution in [1.82, 2.24) is 5.32 Å². The Hall–Kier alpha value is -1.07. The molecule has 0 aromatic heterocycles. The van der Waals surface area contributed by atoms with Crippen LogP contribution >= 0.6 is 10.7 Å². The van der Waals surface area contributed by atoms with Gasteiger partial charge in [-0.2, -0.15) is 0 Å². The molecular weight excluding hydrogens is 310 g/mol. The van der Waals surface area contributed by atoms with Crippen molar-refractivity contribution in [3.05, 3.63) is 29.8 Å². The zero-order valence-corrected chi connectivity index (χ0v) is 13.7. The highest BCUT2D eigenvalue weighted by molar-refractivity contribution is 8.13. The lowest BCUT2D eigenvalue weighted by Gasteiger charge is -2.32. The van der Waals surface area contributed by atoms with E-state index in [1.165, 1.54) is 24.6 Å². The molecule has 1 N–H and O–H groups in total. The number of nitrogens with one attached hydrogen (secondary N) is 1. The summed E-state index contributed by atoms with van der Waals surface area (Å²) in [7, 11) is 1.49. The van der Waals surface area contributed by atoms with Gasteiger partial charge in [-0.1, -0.05) is 19.9 Å². The van der Waals surface area contributed by atoms with Crippen LogP contribution in [0.1, 0.15) is 43.5 Å². The smallest absolute Gasteiger partial charge is 0.261 e. The molecule has 0 aliphatic heterocycles. The quantitative estimate of drug-likeness (QED) is 0.866. The van der Waals surface area contributed by atoms with Crippen molar-refractivity contribution in [2.75, 3.05) is 0 Å². The summed E-state index contributed by atoms with van der Waals surface area (Å²) in [6, 6.07) is 5.96. The number of hydrogen-bond acceptors (Lipinski definition) is 3. The lowest BCUT2D eigenvalue weighted by molar-refractivity contribution is 0.0911. The molecule has 0 heterocycles. The van der Waals surface area contributed by atoms with E-state index in [0.717, 1.165) is 12.8 Å². The van der Waals surface area contributed by atoms with Crippen LogP contribution in [-0.2, 0) is 9.05 Å². The number of rotatable bonds is 3. The van der Waals surface area contributed by atoms with Gasteiger partial charge in [0.25, 0.3) is 15.0 Å². The highest BCUT2D eigenvalue weighted by Crippen LogP contribution is 2.28. The molecule has 2 atom stereocenters. The second-order valence-electron chi connectivity index (χ2n) is 6.05. The molecule has 1 aromatic carbocycles. The molecule has 0 saturated heterocycles. The van der Waals surface area contributed by atoms with Crippen LogP contribution in [-0.4, -0.2) is 20.4 Å². The second-order valence-corrected chi connectivity index (χ2v) is 8.62. The number of carbonyl (C=O) groups is 1. The summed E-state index contributed by atoms with van der Waals surface area (Å²) in [5.41, 5.74) is 0.322. The van der Waals surface area contributed by atoms with Crippen LogP contribution in [0.15, 0.2) is 29.2 Å². The van der Waals surface area contributed by atoms with E-state index in [0.29, 0.717) is 17.4 Å². The SMILES string of the molecule is CC1CC(C)CC(NC(=O)c2cccc(S(=O)(=O)Cl)c2)C1. The number of carbonyl (C=O) groups excluding carboxylic acids is 1. The van der Waals surface area contributed by atoms with Crippen LogP contribution in [0.3, 0.4) is 0 Å². The Morgan fingerprint density at radius 2 is 1.81 bits per heavy atom. The van der Waals surface area contributed by atoms with Crippen molar-refractivity contribution < 1.29 is 13.2 Å². The standard InChI is InChI=1S/C15H20ClNO3S/c1-10-6-11(2)8-13(7-10)17-15(18)12-4-3-5-14(9-12)21(16,19)20/h3-5,9-11,13H,6-8H2,1-2H3,(H,17,18). The maximum atomic E-state index is 12.3. The molecule has 1 aliphatic carbocycles. The third kappa shape index (κ3) is 4.45. The lowest BCUT2D eigenvalue weighted by atomic mass is 9.80. The molecule has 1 aromatic rings. The minimum absolute atomic E-state index is 0.0535. The molecule has 2 rings (SSSR count). The fourth-order valence-electron chi connectivity index (χ4n) is 3.12. The molecule has 0 radical (unpaired) electrons. The summed E-state index contributed by atoms with van der Waals surface area (Å²) in [5, 5.41) is 3.00.